The van der Waals surface area contributed by atoms with E-state index in [1.807, 2.05) is 0 Å². The monoisotopic (exact) mass is 568 g/mol. The minimum absolute atomic E-state index is 0.920. The molecule has 3 aromatic heterocycles. The second-order valence-electron chi connectivity index (χ2n) is 10.7. The van der Waals surface area contributed by atoms with Gasteiger partial charge in [0.25, 0.3) is 0 Å². The van der Waals surface area contributed by atoms with Gasteiger partial charge in [0, 0.05) is 57.5 Å². The maximum Gasteiger partial charge on any atom is 0.149 e. The summed E-state index contributed by atoms with van der Waals surface area (Å²) in [5, 5.41) is 21.1. The normalized spacial score (nSPS) is 11.7. The van der Waals surface area contributed by atoms with E-state index in [1.165, 1.54) is 54.5 Å². The summed E-state index contributed by atoms with van der Waals surface area (Å²) in [4.78, 5) is 0. The highest BCUT2D eigenvalue weighted by molar-refractivity contribution is 7.18. The molecule has 9 aromatic rings. The molecule has 0 aliphatic carbocycles. The molecule has 0 bridgehead atoms. The first-order valence-electron chi connectivity index (χ1n) is 14.3. The van der Waals surface area contributed by atoms with Crippen LogP contribution in [0.25, 0.3) is 75.6 Å². The van der Waals surface area contributed by atoms with Crippen LogP contribution in [0.4, 0.5) is 0 Å². The zero-order chi connectivity index (χ0) is 28.3. The number of hydrogen-bond acceptors (Lipinski definition) is 3. The third kappa shape index (κ3) is 3.62. The van der Waals surface area contributed by atoms with Crippen molar-refractivity contribution in [1.82, 2.24) is 19.3 Å². The molecule has 0 unspecified atom stereocenters. The van der Waals surface area contributed by atoms with Crippen molar-refractivity contribution < 1.29 is 0 Å². The number of aromatic nitrogens is 4. The molecule has 0 aliphatic heterocycles. The van der Waals surface area contributed by atoms with Crippen LogP contribution in [0.15, 0.2) is 146 Å². The molecule has 5 heteroatoms. The summed E-state index contributed by atoms with van der Waals surface area (Å²) in [7, 11) is 0. The molecule has 0 saturated carbocycles. The molecule has 0 fully saturated rings. The maximum absolute atomic E-state index is 4.90. The third-order valence-corrected chi connectivity index (χ3v) is 9.34. The van der Waals surface area contributed by atoms with E-state index >= 15 is 0 Å². The van der Waals surface area contributed by atoms with E-state index in [9.17, 15) is 0 Å². The van der Waals surface area contributed by atoms with Gasteiger partial charge in [0.05, 0.1) is 11.4 Å². The average Bonchev–Trinajstić information content (AvgIpc) is 3.86. The van der Waals surface area contributed by atoms with Crippen LogP contribution < -0.4 is 0 Å². The van der Waals surface area contributed by atoms with Gasteiger partial charge in [0.1, 0.15) is 10.0 Å². The minimum Gasteiger partial charge on any atom is -0.323 e. The molecule has 4 nitrogen and oxygen atoms in total. The lowest BCUT2D eigenvalue weighted by Crippen LogP contribution is -1.96. The van der Waals surface area contributed by atoms with Crippen LogP contribution in [0.3, 0.4) is 0 Å². The number of hydrogen-bond donors (Lipinski definition) is 0. The van der Waals surface area contributed by atoms with Gasteiger partial charge in [-0.25, -0.2) is 0 Å². The van der Waals surface area contributed by atoms with Crippen molar-refractivity contribution >= 4 is 54.4 Å². The molecule has 6 aromatic carbocycles. The Kier molecular flexibility index (Phi) is 5.33. The van der Waals surface area contributed by atoms with Gasteiger partial charge in [-0.05, 0) is 45.8 Å². The van der Waals surface area contributed by atoms with Crippen molar-refractivity contribution in [2.45, 2.75) is 0 Å². The zero-order valence-corrected chi connectivity index (χ0v) is 23.9. The fraction of sp³-hybridized carbons (Fsp3) is 0. The predicted octanol–water partition coefficient (Wildman–Crippen LogP) is 10.1. The van der Waals surface area contributed by atoms with Gasteiger partial charge in [0.2, 0.25) is 0 Å². The first-order valence-corrected chi connectivity index (χ1v) is 15.2. The van der Waals surface area contributed by atoms with Crippen LogP contribution in [-0.4, -0.2) is 19.3 Å². The van der Waals surface area contributed by atoms with Crippen LogP contribution in [0, 0.1) is 0 Å². The first-order chi connectivity index (χ1) is 21.4. The SMILES string of the molecule is c1ccc2c(-n3cccc3)c3ccccc3c(-c3nnc(-c4c5ccccc5c(-n5cccc5)c5ccccc45)s3)c2c1. The lowest BCUT2D eigenvalue weighted by Gasteiger charge is -2.17. The molecule has 43 heavy (non-hydrogen) atoms. The molecule has 0 amide bonds. The lowest BCUT2D eigenvalue weighted by molar-refractivity contribution is 1.10. The van der Waals surface area contributed by atoms with Crippen LogP contribution in [0.1, 0.15) is 0 Å². The molecular weight excluding hydrogens is 545 g/mol. The lowest BCUT2D eigenvalue weighted by atomic mass is 9.95. The van der Waals surface area contributed by atoms with Gasteiger partial charge in [0.15, 0.2) is 0 Å². The topological polar surface area (TPSA) is 35.6 Å². The molecule has 0 radical (unpaired) electrons. The summed E-state index contributed by atoms with van der Waals surface area (Å²) in [6.45, 7) is 0. The highest BCUT2D eigenvalue weighted by atomic mass is 32.1. The van der Waals surface area contributed by atoms with Crippen molar-refractivity contribution in [3.63, 3.8) is 0 Å². The third-order valence-electron chi connectivity index (χ3n) is 8.38. The Morgan fingerprint density at radius 2 is 0.628 bits per heavy atom. The van der Waals surface area contributed by atoms with E-state index in [4.69, 9.17) is 10.2 Å². The smallest absolute Gasteiger partial charge is 0.149 e. The van der Waals surface area contributed by atoms with E-state index < -0.39 is 0 Å². The maximum atomic E-state index is 4.90. The Hall–Kier alpha value is -5.52. The summed E-state index contributed by atoms with van der Waals surface area (Å²) in [5.41, 5.74) is 4.62. The van der Waals surface area contributed by atoms with Gasteiger partial charge in [-0.2, -0.15) is 0 Å². The van der Waals surface area contributed by atoms with E-state index in [0.717, 1.165) is 21.1 Å². The summed E-state index contributed by atoms with van der Waals surface area (Å²) >= 11 is 1.67. The molecule has 0 atom stereocenters. The minimum atomic E-state index is 0.920. The summed E-state index contributed by atoms with van der Waals surface area (Å²) in [5.74, 6) is 0. The van der Waals surface area contributed by atoms with Crippen LogP contribution >= 0.6 is 11.3 Å². The largest absolute Gasteiger partial charge is 0.323 e. The van der Waals surface area contributed by atoms with Crippen LogP contribution in [-0.2, 0) is 0 Å². The molecule has 0 saturated heterocycles. The van der Waals surface area contributed by atoms with Crippen molar-refractivity contribution in [2.24, 2.45) is 0 Å². The van der Waals surface area contributed by atoms with Crippen LogP contribution in [0.2, 0.25) is 0 Å². The molecule has 0 spiro atoms. The van der Waals surface area contributed by atoms with Crippen molar-refractivity contribution in [2.75, 3.05) is 0 Å². The Labute approximate surface area is 251 Å². The number of benzene rings is 6. The zero-order valence-electron chi connectivity index (χ0n) is 23.1. The number of nitrogens with zero attached hydrogens (tertiary/aromatic N) is 4. The molecular formula is C38H24N4S. The van der Waals surface area contributed by atoms with E-state index in [2.05, 4.69) is 155 Å². The van der Waals surface area contributed by atoms with Gasteiger partial charge >= 0.3 is 0 Å². The summed E-state index contributed by atoms with van der Waals surface area (Å²) in [6, 6.07) is 42.9. The number of fused-ring (bicyclic) bond motifs is 4. The highest BCUT2D eigenvalue weighted by Gasteiger charge is 2.22. The summed E-state index contributed by atoms with van der Waals surface area (Å²) in [6.07, 6.45) is 8.46. The Bertz CT molecular complexity index is 2170. The van der Waals surface area contributed by atoms with Crippen molar-refractivity contribution in [3.8, 4) is 32.5 Å². The quantitative estimate of drug-likeness (QED) is 0.198. The van der Waals surface area contributed by atoms with Gasteiger partial charge < -0.3 is 9.13 Å². The highest BCUT2D eigenvalue weighted by Crippen LogP contribution is 2.46. The summed E-state index contributed by atoms with van der Waals surface area (Å²) < 4.78 is 4.43. The van der Waals surface area contributed by atoms with Crippen molar-refractivity contribution in [3.05, 3.63) is 146 Å². The molecule has 202 valence electrons. The first kappa shape index (κ1) is 24.1. The van der Waals surface area contributed by atoms with E-state index in [1.54, 1.807) is 11.3 Å². The van der Waals surface area contributed by atoms with E-state index in [0.29, 0.717) is 0 Å². The molecule has 0 aliphatic rings. The van der Waals surface area contributed by atoms with Gasteiger partial charge in [-0.3, -0.25) is 0 Å². The fourth-order valence-corrected chi connectivity index (χ4v) is 7.61. The molecule has 3 heterocycles. The van der Waals surface area contributed by atoms with Crippen LogP contribution in [0.5, 0.6) is 0 Å². The van der Waals surface area contributed by atoms with Crippen molar-refractivity contribution in [1.29, 1.82) is 0 Å². The second-order valence-corrected chi connectivity index (χ2v) is 11.7. The molecule has 0 N–H and O–H groups in total. The standard InChI is InChI=1S/C38H24N4S/c1-5-17-29-25(13-1)33(26-14-2-6-18-30(26)35(29)41-21-9-10-22-41)37-39-40-38(43-37)34-27-15-3-7-19-31(27)36(42-23-11-12-24-42)32-20-8-4-16-28(32)34/h1-24H. The Balaban J connectivity index is 1.34. The molecule has 9 rings (SSSR count). The van der Waals surface area contributed by atoms with Gasteiger partial charge in [-0.15, -0.1) is 10.2 Å². The van der Waals surface area contributed by atoms with E-state index in [-0.39, 0.29) is 0 Å². The predicted molar refractivity (Wildman–Crippen MR) is 179 cm³/mol. The van der Waals surface area contributed by atoms with Gasteiger partial charge in [-0.1, -0.05) is 108 Å². The Morgan fingerprint density at radius 1 is 0.349 bits per heavy atom. The fourth-order valence-electron chi connectivity index (χ4n) is 6.62. The number of rotatable bonds is 4. The average molecular weight is 569 g/mol. The Morgan fingerprint density at radius 3 is 0.930 bits per heavy atom. The second kappa shape index (κ2) is 9.51.